The van der Waals surface area contributed by atoms with Gasteiger partial charge in [-0.1, -0.05) is 34.8 Å². The van der Waals surface area contributed by atoms with Gasteiger partial charge in [0.1, 0.15) is 0 Å². The molecule has 2 nitrogen and oxygen atoms in total. The van der Waals surface area contributed by atoms with Crippen molar-refractivity contribution in [2.45, 2.75) is 9.58 Å². The lowest BCUT2D eigenvalue weighted by molar-refractivity contribution is -0.0914. The summed E-state index contributed by atoms with van der Waals surface area (Å²) in [5.41, 5.74) is 0. The van der Waals surface area contributed by atoms with Crippen molar-refractivity contribution in [1.82, 2.24) is 0 Å². The summed E-state index contributed by atoms with van der Waals surface area (Å²) in [5.74, 6) is -0.368. The maximum absolute atomic E-state index is 8.52. The van der Waals surface area contributed by atoms with E-state index in [1.54, 1.807) is 0 Å². The summed E-state index contributed by atoms with van der Waals surface area (Å²) in [6.07, 6.45) is 0. The summed E-state index contributed by atoms with van der Waals surface area (Å²) >= 11 is 20.4. The van der Waals surface area contributed by atoms with E-state index in [0.717, 1.165) is 0 Å². The predicted molar refractivity (Wildman–Crippen MR) is 38.2 cm³/mol. The third-order valence-electron chi connectivity index (χ3n) is 0.633. The van der Waals surface area contributed by atoms with Crippen LogP contribution in [0.1, 0.15) is 0 Å². The smallest absolute Gasteiger partial charge is 0.279 e. The Morgan fingerprint density at radius 3 is 1.44 bits per heavy atom. The fraction of sp³-hybridized carbons (Fsp3) is 1.00. The largest absolute Gasteiger partial charge is 0.351 e. The molecule has 9 heavy (non-hydrogen) atoms. The molecule has 6 heteroatoms. The van der Waals surface area contributed by atoms with Crippen LogP contribution in [-0.2, 0) is 0 Å². The average Bonchev–Trinajstić information content (AvgIpc) is 1.64. The van der Waals surface area contributed by atoms with Crippen molar-refractivity contribution in [3.63, 3.8) is 0 Å². The van der Waals surface area contributed by atoms with Gasteiger partial charge in [-0.05, 0) is 0 Å². The van der Waals surface area contributed by atoms with Crippen LogP contribution < -0.4 is 0 Å². The minimum absolute atomic E-state index is 0.368. The van der Waals surface area contributed by atoms with Crippen LogP contribution in [0.4, 0.5) is 0 Å². The first-order valence-corrected chi connectivity index (χ1v) is 3.55. The van der Waals surface area contributed by atoms with Gasteiger partial charge in [-0.15, -0.1) is 11.6 Å². The monoisotopic (exact) mass is 212 g/mol. The zero-order valence-corrected chi connectivity index (χ0v) is 7.14. The van der Waals surface area contributed by atoms with Crippen LogP contribution in [0.5, 0.6) is 0 Å². The molecule has 0 fully saturated rings. The number of alkyl halides is 4. The Kier molecular flexibility index (Phi) is 3.35. The van der Waals surface area contributed by atoms with Crippen molar-refractivity contribution >= 4 is 46.4 Å². The minimum Gasteiger partial charge on any atom is -0.351 e. The zero-order chi connectivity index (χ0) is 7.71. The second-order valence-electron chi connectivity index (χ2n) is 1.43. The first kappa shape index (κ1) is 10.1. The first-order valence-electron chi connectivity index (χ1n) is 1.88. The molecular formula is C3H4Cl4O2. The van der Waals surface area contributed by atoms with Gasteiger partial charge < -0.3 is 10.2 Å². The van der Waals surface area contributed by atoms with Crippen LogP contribution in [0, 0.1) is 0 Å². The molecular weight excluding hydrogens is 210 g/mol. The van der Waals surface area contributed by atoms with Crippen LogP contribution in [0.15, 0.2) is 0 Å². The van der Waals surface area contributed by atoms with Crippen LogP contribution >= 0.6 is 46.4 Å². The Morgan fingerprint density at radius 1 is 1.11 bits per heavy atom. The van der Waals surface area contributed by atoms with E-state index in [9.17, 15) is 0 Å². The van der Waals surface area contributed by atoms with Crippen molar-refractivity contribution in [3.8, 4) is 0 Å². The second kappa shape index (κ2) is 2.99. The molecule has 0 saturated heterocycles. The van der Waals surface area contributed by atoms with E-state index >= 15 is 0 Å². The van der Waals surface area contributed by atoms with E-state index in [0.29, 0.717) is 0 Å². The fourth-order valence-corrected chi connectivity index (χ4v) is 0.407. The molecule has 0 aromatic carbocycles. The normalized spacial score (nSPS) is 14.0. The lowest BCUT2D eigenvalue weighted by Gasteiger charge is -2.25. The molecule has 0 spiro atoms. The van der Waals surface area contributed by atoms with E-state index in [4.69, 9.17) is 56.6 Å². The van der Waals surface area contributed by atoms with E-state index < -0.39 is 9.58 Å². The van der Waals surface area contributed by atoms with Gasteiger partial charge in [0, 0.05) is 0 Å². The Balaban J connectivity index is 4.14. The molecule has 0 unspecified atom stereocenters. The van der Waals surface area contributed by atoms with Crippen LogP contribution in [0.3, 0.4) is 0 Å². The van der Waals surface area contributed by atoms with Gasteiger partial charge in [0.15, 0.2) is 4.33 Å². The van der Waals surface area contributed by atoms with Crippen molar-refractivity contribution in [1.29, 1.82) is 0 Å². The number of rotatable bonds is 2. The second-order valence-corrected chi connectivity index (χ2v) is 3.70. The van der Waals surface area contributed by atoms with Crippen LogP contribution in [-0.4, -0.2) is 25.7 Å². The molecule has 0 radical (unpaired) electrons. The summed E-state index contributed by atoms with van der Waals surface area (Å²) in [7, 11) is 0. The van der Waals surface area contributed by atoms with Crippen molar-refractivity contribution in [3.05, 3.63) is 0 Å². The highest BCUT2D eigenvalue weighted by Gasteiger charge is 2.45. The van der Waals surface area contributed by atoms with Crippen LogP contribution in [0.2, 0.25) is 0 Å². The average molecular weight is 214 g/mol. The van der Waals surface area contributed by atoms with E-state index in [1.165, 1.54) is 0 Å². The van der Waals surface area contributed by atoms with Gasteiger partial charge in [-0.25, -0.2) is 0 Å². The van der Waals surface area contributed by atoms with Gasteiger partial charge >= 0.3 is 0 Å². The van der Waals surface area contributed by atoms with E-state index in [1.807, 2.05) is 0 Å². The highest BCUT2D eigenvalue weighted by Crippen LogP contribution is 2.35. The molecule has 0 heterocycles. The molecule has 0 aliphatic rings. The molecule has 0 bridgehead atoms. The highest BCUT2D eigenvalue weighted by atomic mass is 35.5. The van der Waals surface area contributed by atoms with Crippen molar-refractivity contribution in [2.75, 3.05) is 5.88 Å². The molecule has 56 valence electrons. The molecule has 0 atom stereocenters. The van der Waals surface area contributed by atoms with Gasteiger partial charge in [-0.2, -0.15) is 0 Å². The van der Waals surface area contributed by atoms with Gasteiger partial charge in [-0.3, -0.25) is 0 Å². The number of hydrogen-bond acceptors (Lipinski definition) is 2. The third-order valence-corrected chi connectivity index (χ3v) is 2.62. The first-order chi connectivity index (χ1) is 3.81. The Hall–Kier alpha value is 1.08. The lowest BCUT2D eigenvalue weighted by atomic mass is 10.4. The summed E-state index contributed by atoms with van der Waals surface area (Å²) in [6, 6.07) is 0. The quantitative estimate of drug-likeness (QED) is 0.536. The third kappa shape index (κ3) is 2.66. The Bertz CT molecular complexity index is 96.5. The summed E-state index contributed by atoms with van der Waals surface area (Å²) < 4.78 is -1.93. The van der Waals surface area contributed by atoms with Gasteiger partial charge in [0.05, 0.1) is 5.88 Å². The molecule has 0 aliphatic carbocycles. The topological polar surface area (TPSA) is 40.5 Å². The molecule has 0 amide bonds. The zero-order valence-electron chi connectivity index (χ0n) is 4.11. The standard InChI is InChI=1S/C3H4Cl4O2/c4-1-2(5,6)3(7,8)9/h8-9H,1H2. The molecule has 0 rings (SSSR count). The Morgan fingerprint density at radius 2 is 1.44 bits per heavy atom. The SMILES string of the molecule is OC(O)(Cl)C(Cl)(Cl)CCl. The van der Waals surface area contributed by atoms with Gasteiger partial charge in [0.25, 0.3) is 5.25 Å². The minimum atomic E-state index is -2.68. The van der Waals surface area contributed by atoms with E-state index in [-0.39, 0.29) is 5.88 Å². The number of aliphatic hydroxyl groups is 2. The van der Waals surface area contributed by atoms with Crippen molar-refractivity contribution in [2.24, 2.45) is 0 Å². The number of halogens is 4. The highest BCUT2D eigenvalue weighted by molar-refractivity contribution is 6.55. The summed E-state index contributed by atoms with van der Waals surface area (Å²) in [4.78, 5) is 0. The summed E-state index contributed by atoms with van der Waals surface area (Å²) in [5, 5.41) is 14.4. The molecule has 0 aliphatic heterocycles. The molecule has 0 aromatic heterocycles. The molecule has 2 N–H and O–H groups in total. The van der Waals surface area contributed by atoms with Gasteiger partial charge in [0.2, 0.25) is 0 Å². The maximum Gasteiger partial charge on any atom is 0.279 e. The lowest BCUT2D eigenvalue weighted by Crippen LogP contribution is -2.42. The Labute approximate surface area is 72.3 Å². The van der Waals surface area contributed by atoms with Crippen molar-refractivity contribution < 1.29 is 10.2 Å². The maximum atomic E-state index is 8.52. The fourth-order valence-electron chi connectivity index (χ4n) is 0.0850. The van der Waals surface area contributed by atoms with E-state index in [2.05, 4.69) is 0 Å². The molecule has 0 aromatic rings. The summed E-state index contributed by atoms with van der Waals surface area (Å²) in [6.45, 7) is 0. The predicted octanol–water partition coefficient (Wildman–Crippen LogP) is 1.28. The van der Waals surface area contributed by atoms with Crippen LogP contribution in [0.25, 0.3) is 0 Å². The molecule has 0 saturated carbocycles. The number of hydrogen-bond donors (Lipinski definition) is 2.